The number of rotatable bonds is 19. The van der Waals surface area contributed by atoms with Gasteiger partial charge in [0.1, 0.15) is 6.54 Å². The van der Waals surface area contributed by atoms with Crippen LogP contribution in [-0.2, 0) is 4.57 Å². The minimum absolute atomic E-state index is 0.0469. The second kappa shape index (κ2) is 16.2. The summed E-state index contributed by atoms with van der Waals surface area (Å²) in [5.74, 6) is 0. The van der Waals surface area contributed by atoms with Crippen LogP contribution in [0, 0.1) is 0 Å². The predicted molar refractivity (Wildman–Crippen MR) is 128 cm³/mol. The summed E-state index contributed by atoms with van der Waals surface area (Å²) < 4.78 is 12.1. The molecule has 0 bridgehead atoms. The van der Waals surface area contributed by atoms with E-state index in [1.807, 2.05) is 21.1 Å². The molecule has 0 spiro atoms. The summed E-state index contributed by atoms with van der Waals surface area (Å²) in [6.45, 7) is 2.29. The lowest BCUT2D eigenvalue weighted by atomic mass is 10.1. The predicted octanol–water partition coefficient (Wildman–Crippen LogP) is 6.15. The number of likely N-dealkylation sites (N-methyl/N-ethyl adjacent to an activating group) is 1. The van der Waals surface area contributed by atoms with Gasteiger partial charge in [-0.2, -0.15) is 0 Å². The third-order valence-electron chi connectivity index (χ3n) is 5.27. The van der Waals surface area contributed by atoms with Crippen LogP contribution in [0.25, 0.3) is 0 Å². The summed E-state index contributed by atoms with van der Waals surface area (Å²) in [7, 11) is 0.935. The van der Waals surface area contributed by atoms with Crippen molar-refractivity contribution in [3.63, 3.8) is 0 Å². The van der Waals surface area contributed by atoms with Crippen molar-refractivity contribution in [2.24, 2.45) is 0 Å². The van der Waals surface area contributed by atoms with E-state index in [1.54, 1.807) is 0 Å². The van der Waals surface area contributed by atoms with E-state index < -0.39 is 12.9 Å². The van der Waals surface area contributed by atoms with Gasteiger partial charge in [0.25, 0.3) is 0 Å². The molecule has 3 N–H and O–H groups in total. The molecule has 0 aromatic carbocycles. The molecule has 30 heavy (non-hydrogen) atoms. The molecular formula is C24H49NO4P+. The molecule has 0 radical (unpaired) electrons. The second-order valence-corrected chi connectivity index (χ2v) is 11.6. The first-order valence-corrected chi connectivity index (χ1v) is 13.5. The maximum atomic E-state index is 11.8. The zero-order valence-electron chi connectivity index (χ0n) is 20.1. The minimum Gasteiger partial charge on any atom is -0.373 e. The number of quaternary nitrogens is 1. The van der Waals surface area contributed by atoms with Gasteiger partial charge in [-0.25, -0.2) is 0 Å². The average molecular weight is 447 g/mol. The highest BCUT2D eigenvalue weighted by Crippen LogP contribution is 2.52. The van der Waals surface area contributed by atoms with Crippen LogP contribution in [0.15, 0.2) is 24.3 Å². The Balaban J connectivity index is 3.77. The summed E-state index contributed by atoms with van der Waals surface area (Å²) in [4.78, 5) is 19.1. The van der Waals surface area contributed by atoms with Crippen molar-refractivity contribution in [3.05, 3.63) is 24.3 Å². The van der Waals surface area contributed by atoms with Crippen molar-refractivity contribution in [1.82, 2.24) is 0 Å². The van der Waals surface area contributed by atoms with E-state index in [4.69, 9.17) is 0 Å². The number of unbranched alkanes of at least 4 members (excludes halogenated alkanes) is 10. The number of aliphatic hydroxyl groups is 1. The number of hydrogen-bond acceptors (Lipinski definition) is 2. The van der Waals surface area contributed by atoms with E-state index in [0.29, 0.717) is 10.9 Å². The topological polar surface area (TPSA) is 77.8 Å². The smallest absolute Gasteiger partial charge is 0.362 e. The molecule has 5 nitrogen and oxygen atoms in total. The molecule has 1 unspecified atom stereocenters. The Kier molecular flexibility index (Phi) is 16.0. The maximum Gasteiger partial charge on any atom is 0.362 e. The highest BCUT2D eigenvalue weighted by molar-refractivity contribution is 7.53. The molecule has 0 aromatic heterocycles. The summed E-state index contributed by atoms with van der Waals surface area (Å²) in [5.41, 5.74) is 0. The zero-order chi connectivity index (χ0) is 22.9. The fourth-order valence-electron chi connectivity index (χ4n) is 3.61. The third-order valence-corrected chi connectivity index (χ3v) is 6.72. The third kappa shape index (κ3) is 16.3. The molecule has 6 heteroatoms. The standard InChI is InChI=1S/C24H48NO4P/c1-5-6-7-8-9-10-11-12-13-14-15-16-17-18-19-20-21-22-24(26,30(27,28)29)23-25(2,3)4/h10-11,16-17,26H,5-9,12-15,18-23H2,1-4H3,(H-,27,28,29)/p+1/b11-10-,17-16-. The molecule has 1 atom stereocenters. The Bertz CT molecular complexity index is 522. The zero-order valence-corrected chi connectivity index (χ0v) is 21.0. The summed E-state index contributed by atoms with van der Waals surface area (Å²) in [6, 6.07) is 0. The van der Waals surface area contributed by atoms with Crippen molar-refractivity contribution < 1.29 is 23.9 Å². The van der Waals surface area contributed by atoms with Gasteiger partial charge >= 0.3 is 7.60 Å². The van der Waals surface area contributed by atoms with Crippen molar-refractivity contribution in [1.29, 1.82) is 0 Å². The molecule has 178 valence electrons. The van der Waals surface area contributed by atoms with Gasteiger partial charge in [-0.05, 0) is 64.2 Å². The van der Waals surface area contributed by atoms with Crippen LogP contribution in [0.5, 0.6) is 0 Å². The van der Waals surface area contributed by atoms with E-state index in [0.717, 1.165) is 25.7 Å². The SMILES string of the molecule is CCCCCC/C=C\CCCC/C=C\CCCCCC(O)(C[N+](C)(C)C)P(=O)(O)O. The van der Waals surface area contributed by atoms with Gasteiger partial charge in [-0.1, -0.05) is 56.9 Å². The van der Waals surface area contributed by atoms with Crippen molar-refractivity contribution in [2.75, 3.05) is 27.7 Å². The van der Waals surface area contributed by atoms with Crippen LogP contribution < -0.4 is 0 Å². The molecule has 0 fully saturated rings. The Morgan fingerprint density at radius 3 is 1.50 bits per heavy atom. The van der Waals surface area contributed by atoms with Gasteiger partial charge in [0, 0.05) is 0 Å². The number of hydrogen-bond donors (Lipinski definition) is 3. The lowest BCUT2D eigenvalue weighted by molar-refractivity contribution is -0.875. The Hall–Kier alpha value is -0.450. The molecular weight excluding hydrogens is 397 g/mol. The van der Waals surface area contributed by atoms with Crippen LogP contribution in [0.3, 0.4) is 0 Å². The van der Waals surface area contributed by atoms with Crippen molar-refractivity contribution in [3.8, 4) is 0 Å². The lowest BCUT2D eigenvalue weighted by Gasteiger charge is -2.35. The molecule has 0 aliphatic rings. The van der Waals surface area contributed by atoms with Crippen LogP contribution in [0.2, 0.25) is 0 Å². The molecule has 0 heterocycles. The van der Waals surface area contributed by atoms with Gasteiger partial charge < -0.3 is 19.4 Å². The highest BCUT2D eigenvalue weighted by Gasteiger charge is 2.48. The minimum atomic E-state index is -4.55. The van der Waals surface area contributed by atoms with E-state index in [-0.39, 0.29) is 13.0 Å². The first-order valence-electron chi connectivity index (χ1n) is 11.9. The van der Waals surface area contributed by atoms with E-state index in [1.165, 1.54) is 51.4 Å². The van der Waals surface area contributed by atoms with Crippen LogP contribution in [0.4, 0.5) is 0 Å². The fourth-order valence-corrected chi connectivity index (χ4v) is 4.67. The van der Waals surface area contributed by atoms with E-state index in [9.17, 15) is 19.5 Å². The average Bonchev–Trinajstić information content (AvgIpc) is 2.62. The molecule has 0 rings (SSSR count). The van der Waals surface area contributed by atoms with E-state index in [2.05, 4.69) is 31.2 Å². The maximum absolute atomic E-state index is 11.8. The summed E-state index contributed by atoms with van der Waals surface area (Å²) in [5, 5.41) is 8.59. The largest absolute Gasteiger partial charge is 0.373 e. The molecule has 0 aliphatic heterocycles. The van der Waals surface area contributed by atoms with Gasteiger partial charge in [-0.3, -0.25) is 4.57 Å². The van der Waals surface area contributed by atoms with Crippen molar-refractivity contribution in [2.45, 2.75) is 102 Å². The quantitative estimate of drug-likeness (QED) is 0.0962. The number of allylic oxidation sites excluding steroid dienone is 4. The van der Waals surface area contributed by atoms with Crippen LogP contribution in [0.1, 0.15) is 96.8 Å². The molecule has 0 amide bonds. The molecule has 0 aliphatic carbocycles. The van der Waals surface area contributed by atoms with Gasteiger partial charge in [0.15, 0.2) is 0 Å². The monoisotopic (exact) mass is 446 g/mol. The first kappa shape index (κ1) is 29.5. The second-order valence-electron chi connectivity index (χ2n) is 9.65. The molecule has 0 saturated carbocycles. The summed E-state index contributed by atoms with van der Waals surface area (Å²) >= 11 is 0. The molecule has 0 aromatic rings. The van der Waals surface area contributed by atoms with Crippen molar-refractivity contribution >= 4 is 7.60 Å². The lowest BCUT2D eigenvalue weighted by Crippen LogP contribution is -2.49. The van der Waals surface area contributed by atoms with Gasteiger partial charge in [0.2, 0.25) is 5.34 Å². The van der Waals surface area contributed by atoms with Gasteiger partial charge in [-0.15, -0.1) is 0 Å². The Morgan fingerprint density at radius 1 is 0.733 bits per heavy atom. The fraction of sp³-hybridized carbons (Fsp3) is 0.833. The van der Waals surface area contributed by atoms with Crippen LogP contribution in [-0.4, -0.2) is 52.4 Å². The number of nitrogens with zero attached hydrogens (tertiary/aromatic N) is 1. The normalized spacial score (nSPS) is 15.3. The molecule has 0 saturated heterocycles. The first-order chi connectivity index (χ1) is 14.0. The summed E-state index contributed by atoms with van der Waals surface area (Å²) in [6.07, 6.45) is 24.0. The Morgan fingerprint density at radius 2 is 1.13 bits per heavy atom. The van der Waals surface area contributed by atoms with E-state index >= 15 is 0 Å². The van der Waals surface area contributed by atoms with Crippen LogP contribution >= 0.6 is 7.60 Å². The highest BCUT2D eigenvalue weighted by atomic mass is 31.2. The Labute approximate surface area is 186 Å². The van der Waals surface area contributed by atoms with Gasteiger partial charge in [0.05, 0.1) is 21.1 Å².